The number of hydrogen-bond acceptors (Lipinski definition) is 1. The normalized spacial score (nSPS) is 11.9. The van der Waals surface area contributed by atoms with Crippen molar-refractivity contribution in [1.29, 1.82) is 0 Å². The van der Waals surface area contributed by atoms with Crippen LogP contribution in [0.3, 0.4) is 0 Å². The van der Waals surface area contributed by atoms with Crippen LogP contribution < -0.4 is 4.90 Å². The Labute approximate surface area is 318 Å². The Hall–Kier alpha value is -6.64. The van der Waals surface area contributed by atoms with Crippen LogP contribution in [-0.2, 0) is 0 Å². The van der Waals surface area contributed by atoms with Crippen LogP contribution in [-0.4, -0.2) is 4.57 Å². The van der Waals surface area contributed by atoms with E-state index >= 15 is 0 Å². The van der Waals surface area contributed by atoms with Crippen molar-refractivity contribution in [3.8, 4) is 39.1 Å². The molecule has 0 aliphatic carbocycles. The summed E-state index contributed by atoms with van der Waals surface area (Å²) >= 11 is 0. The van der Waals surface area contributed by atoms with Gasteiger partial charge in [-0.3, -0.25) is 0 Å². The summed E-state index contributed by atoms with van der Waals surface area (Å²) in [4.78, 5) is 2.33. The van der Waals surface area contributed by atoms with Gasteiger partial charge in [0, 0.05) is 33.5 Å². The minimum atomic E-state index is 0.561. The van der Waals surface area contributed by atoms with Gasteiger partial charge in [-0.2, -0.15) is 0 Å². The first-order valence-electron chi connectivity index (χ1n) is 19.0. The molecule has 9 aromatic rings. The molecule has 0 N–H and O–H groups in total. The van der Waals surface area contributed by atoms with Crippen molar-refractivity contribution in [3.05, 3.63) is 206 Å². The van der Waals surface area contributed by atoms with Crippen LogP contribution >= 0.6 is 0 Å². The fourth-order valence-corrected chi connectivity index (χ4v) is 7.74. The van der Waals surface area contributed by atoms with Crippen molar-refractivity contribution in [2.24, 2.45) is 0 Å². The van der Waals surface area contributed by atoms with Crippen molar-refractivity contribution in [1.82, 2.24) is 4.57 Å². The van der Waals surface area contributed by atoms with E-state index in [1.165, 1.54) is 60.8 Å². The standard InChI is InChI=1S/C52H42N2/c1-3-37(2)38-19-21-41(22-20-38)43-27-33-51-49(35-43)50-36-44(28-34-52(50)54(51)46-17-11-6-12-18-46)42-25-31-48(32-26-42)53(45-15-9-5-10-16-45)47-29-23-40(24-30-47)39-13-7-4-8-14-39/h4-37H,3H2,1-2H3. The summed E-state index contributed by atoms with van der Waals surface area (Å²) in [5.74, 6) is 0.561. The first kappa shape index (κ1) is 33.2. The molecule has 1 unspecified atom stereocenters. The summed E-state index contributed by atoms with van der Waals surface area (Å²) in [5.41, 5.74) is 15.6. The highest BCUT2D eigenvalue weighted by Crippen LogP contribution is 2.40. The lowest BCUT2D eigenvalue weighted by Gasteiger charge is -2.26. The van der Waals surface area contributed by atoms with Crippen molar-refractivity contribution >= 4 is 38.9 Å². The van der Waals surface area contributed by atoms with Crippen molar-refractivity contribution in [2.45, 2.75) is 26.2 Å². The topological polar surface area (TPSA) is 8.17 Å². The molecule has 0 saturated heterocycles. The maximum atomic E-state index is 2.40. The van der Waals surface area contributed by atoms with Crippen molar-refractivity contribution in [2.75, 3.05) is 4.90 Å². The molecule has 0 saturated carbocycles. The smallest absolute Gasteiger partial charge is 0.0541 e. The second-order valence-corrected chi connectivity index (χ2v) is 14.2. The van der Waals surface area contributed by atoms with Crippen LogP contribution in [0.15, 0.2) is 200 Å². The molecule has 8 aromatic carbocycles. The van der Waals surface area contributed by atoms with Crippen LogP contribution in [0.25, 0.3) is 60.9 Å². The van der Waals surface area contributed by atoms with E-state index in [4.69, 9.17) is 0 Å². The molecule has 260 valence electrons. The van der Waals surface area contributed by atoms with Gasteiger partial charge in [-0.15, -0.1) is 0 Å². The lowest BCUT2D eigenvalue weighted by Crippen LogP contribution is -2.09. The maximum Gasteiger partial charge on any atom is 0.0541 e. The summed E-state index contributed by atoms with van der Waals surface area (Å²) < 4.78 is 2.40. The summed E-state index contributed by atoms with van der Waals surface area (Å²) in [6.07, 6.45) is 1.14. The van der Waals surface area contributed by atoms with Crippen LogP contribution in [0.5, 0.6) is 0 Å². The summed E-state index contributed by atoms with van der Waals surface area (Å²) in [6, 6.07) is 72.7. The summed E-state index contributed by atoms with van der Waals surface area (Å²) in [5, 5.41) is 2.50. The van der Waals surface area contributed by atoms with Crippen molar-refractivity contribution in [3.63, 3.8) is 0 Å². The number of rotatable bonds is 9. The Morgan fingerprint density at radius 1 is 0.407 bits per heavy atom. The minimum absolute atomic E-state index is 0.561. The largest absolute Gasteiger partial charge is 0.311 e. The number of para-hydroxylation sites is 2. The zero-order valence-corrected chi connectivity index (χ0v) is 30.7. The average molecular weight is 695 g/mol. The molecule has 0 amide bonds. The number of aromatic nitrogens is 1. The third kappa shape index (κ3) is 6.27. The highest BCUT2D eigenvalue weighted by Gasteiger charge is 2.16. The van der Waals surface area contributed by atoms with Gasteiger partial charge in [-0.25, -0.2) is 0 Å². The number of benzene rings is 8. The molecule has 0 spiro atoms. The van der Waals surface area contributed by atoms with E-state index in [9.17, 15) is 0 Å². The quantitative estimate of drug-likeness (QED) is 0.146. The zero-order valence-electron chi connectivity index (χ0n) is 30.7. The molecular formula is C52H42N2. The fraction of sp³-hybridized carbons (Fsp3) is 0.0769. The molecule has 0 radical (unpaired) electrons. The third-order valence-corrected chi connectivity index (χ3v) is 10.9. The Kier molecular flexibility index (Phi) is 8.86. The third-order valence-electron chi connectivity index (χ3n) is 10.9. The van der Waals surface area contributed by atoms with Gasteiger partial charge in [-0.05, 0) is 124 Å². The van der Waals surface area contributed by atoms with Crippen LogP contribution in [0.1, 0.15) is 31.7 Å². The predicted octanol–water partition coefficient (Wildman–Crippen LogP) is 14.8. The zero-order chi connectivity index (χ0) is 36.4. The molecule has 0 aliphatic rings. The highest BCUT2D eigenvalue weighted by atomic mass is 15.1. The first-order chi connectivity index (χ1) is 26.6. The molecule has 2 heteroatoms. The van der Waals surface area contributed by atoms with E-state index in [1.807, 2.05) is 0 Å². The van der Waals surface area contributed by atoms with E-state index in [0.717, 1.165) is 29.2 Å². The average Bonchev–Trinajstić information content (AvgIpc) is 3.58. The summed E-state index contributed by atoms with van der Waals surface area (Å²) in [6.45, 7) is 4.55. The predicted molar refractivity (Wildman–Crippen MR) is 230 cm³/mol. The number of anilines is 3. The number of hydrogen-bond donors (Lipinski definition) is 0. The molecule has 0 bridgehead atoms. The van der Waals surface area contributed by atoms with E-state index in [0.29, 0.717) is 5.92 Å². The molecule has 1 atom stereocenters. The fourth-order valence-electron chi connectivity index (χ4n) is 7.74. The second-order valence-electron chi connectivity index (χ2n) is 14.2. The van der Waals surface area contributed by atoms with Gasteiger partial charge in [-0.1, -0.05) is 141 Å². The molecular weight excluding hydrogens is 653 g/mol. The number of nitrogens with zero attached hydrogens (tertiary/aromatic N) is 2. The highest BCUT2D eigenvalue weighted by molar-refractivity contribution is 6.11. The van der Waals surface area contributed by atoms with Gasteiger partial charge in [0.05, 0.1) is 11.0 Å². The van der Waals surface area contributed by atoms with Gasteiger partial charge < -0.3 is 9.47 Å². The Morgan fingerprint density at radius 3 is 1.30 bits per heavy atom. The first-order valence-corrected chi connectivity index (χ1v) is 19.0. The Balaban J connectivity index is 1.11. The lowest BCUT2D eigenvalue weighted by atomic mass is 9.95. The Bertz CT molecular complexity index is 2660. The monoisotopic (exact) mass is 694 g/mol. The van der Waals surface area contributed by atoms with E-state index in [1.54, 1.807) is 0 Å². The van der Waals surface area contributed by atoms with Crippen LogP contribution in [0, 0.1) is 0 Å². The van der Waals surface area contributed by atoms with Gasteiger partial charge in [0.2, 0.25) is 0 Å². The van der Waals surface area contributed by atoms with Gasteiger partial charge >= 0.3 is 0 Å². The molecule has 0 aliphatic heterocycles. The van der Waals surface area contributed by atoms with Crippen LogP contribution in [0.2, 0.25) is 0 Å². The van der Waals surface area contributed by atoms with Crippen LogP contribution in [0.4, 0.5) is 17.1 Å². The molecule has 0 fully saturated rings. The summed E-state index contributed by atoms with van der Waals surface area (Å²) in [7, 11) is 0. The molecule has 1 heterocycles. The van der Waals surface area contributed by atoms with Gasteiger partial charge in [0.25, 0.3) is 0 Å². The van der Waals surface area contributed by atoms with Gasteiger partial charge in [0.1, 0.15) is 0 Å². The molecule has 1 aromatic heterocycles. The second kappa shape index (κ2) is 14.4. The van der Waals surface area contributed by atoms with Gasteiger partial charge in [0.15, 0.2) is 0 Å². The van der Waals surface area contributed by atoms with Crippen molar-refractivity contribution < 1.29 is 0 Å². The van der Waals surface area contributed by atoms with E-state index in [2.05, 4.69) is 224 Å². The molecule has 54 heavy (non-hydrogen) atoms. The van der Waals surface area contributed by atoms with E-state index < -0.39 is 0 Å². The minimum Gasteiger partial charge on any atom is -0.311 e. The molecule has 9 rings (SSSR count). The maximum absolute atomic E-state index is 2.40. The SMILES string of the molecule is CCC(C)c1ccc(-c2ccc3c(c2)c2cc(-c4ccc(N(c5ccccc5)c5ccc(-c6ccccc6)cc5)cc4)ccc2n3-c2ccccc2)cc1. The molecule has 2 nitrogen and oxygen atoms in total. The Morgan fingerprint density at radius 2 is 0.796 bits per heavy atom. The number of fused-ring (bicyclic) bond motifs is 3. The van der Waals surface area contributed by atoms with E-state index in [-0.39, 0.29) is 0 Å². The lowest BCUT2D eigenvalue weighted by molar-refractivity contribution is 0.734.